The van der Waals surface area contributed by atoms with E-state index >= 15 is 0 Å². The smallest absolute Gasteiger partial charge is 0.129 e. The van der Waals surface area contributed by atoms with E-state index in [1.165, 1.54) is 21.6 Å². The minimum atomic E-state index is -0.171. The molecule has 5 heteroatoms. The summed E-state index contributed by atoms with van der Waals surface area (Å²) in [5, 5.41) is 4.42. The summed E-state index contributed by atoms with van der Waals surface area (Å²) >= 11 is 13.9. The van der Waals surface area contributed by atoms with E-state index in [2.05, 4.69) is 54.3 Å². The summed E-state index contributed by atoms with van der Waals surface area (Å²) in [5.74, 6) is 0. The first-order valence-corrected chi connectivity index (χ1v) is 9.76. The Morgan fingerprint density at radius 1 is 1.12 bits per heavy atom. The zero-order valence-corrected chi connectivity index (χ0v) is 17.0. The van der Waals surface area contributed by atoms with Crippen molar-refractivity contribution >= 4 is 41.0 Å². The van der Waals surface area contributed by atoms with Crippen molar-refractivity contribution in [3.63, 3.8) is 0 Å². The Balaban J connectivity index is 2.01. The Bertz CT molecular complexity index is 1060. The molecule has 0 amide bonds. The van der Waals surface area contributed by atoms with Crippen LogP contribution in [0.15, 0.2) is 36.4 Å². The van der Waals surface area contributed by atoms with Crippen molar-refractivity contribution in [3.8, 4) is 16.8 Å². The Labute approximate surface area is 162 Å². The summed E-state index contributed by atoms with van der Waals surface area (Å²) in [4.78, 5) is 1.26. The number of anilines is 1. The van der Waals surface area contributed by atoms with Gasteiger partial charge in [0, 0.05) is 21.8 Å². The summed E-state index contributed by atoms with van der Waals surface area (Å²) in [6, 6.07) is 12.6. The molecule has 25 heavy (non-hydrogen) atoms. The van der Waals surface area contributed by atoms with Crippen LogP contribution < -0.4 is 5.32 Å². The van der Waals surface area contributed by atoms with Gasteiger partial charge in [-0.05, 0) is 57.5 Å². The van der Waals surface area contributed by atoms with Crippen LogP contribution in [0, 0.1) is 18.5 Å². The average Bonchev–Trinajstić information content (AvgIpc) is 2.90. The van der Waals surface area contributed by atoms with Gasteiger partial charge in [0.2, 0.25) is 0 Å². The molecule has 4 rings (SSSR count). The molecule has 1 aromatic heterocycles. The SMILES string of the molecule is Cc1ccc2c(c1)-c1c(sn(-c3ccc(C)c(Cl)c3)c1=S)C(C)(C)N2. The first-order valence-electron chi connectivity index (χ1n) is 8.20. The molecule has 1 aliphatic heterocycles. The second-order valence-electron chi connectivity index (χ2n) is 7.13. The van der Waals surface area contributed by atoms with E-state index in [-0.39, 0.29) is 5.54 Å². The molecule has 128 valence electrons. The molecule has 0 bridgehead atoms. The number of fused-ring (bicyclic) bond motifs is 3. The maximum atomic E-state index is 6.35. The van der Waals surface area contributed by atoms with Gasteiger partial charge in [-0.25, -0.2) is 0 Å². The summed E-state index contributed by atoms with van der Waals surface area (Å²) in [6.45, 7) is 8.53. The van der Waals surface area contributed by atoms with Crippen LogP contribution >= 0.6 is 35.4 Å². The average molecular weight is 387 g/mol. The molecule has 3 aromatic rings. The lowest BCUT2D eigenvalue weighted by Crippen LogP contribution is -2.30. The number of hydrogen-bond acceptors (Lipinski definition) is 3. The third-order valence-electron chi connectivity index (χ3n) is 4.66. The zero-order valence-electron chi connectivity index (χ0n) is 14.6. The predicted molar refractivity (Wildman–Crippen MR) is 111 cm³/mol. The number of hydrogen-bond donors (Lipinski definition) is 1. The minimum Gasteiger partial charge on any atom is -0.375 e. The van der Waals surface area contributed by atoms with Crippen LogP contribution in [0.2, 0.25) is 5.02 Å². The van der Waals surface area contributed by atoms with Crippen LogP contribution in [-0.4, -0.2) is 3.96 Å². The quantitative estimate of drug-likeness (QED) is 0.459. The second-order valence-corrected chi connectivity index (χ2v) is 8.88. The van der Waals surface area contributed by atoms with Crippen LogP contribution in [0.4, 0.5) is 5.69 Å². The van der Waals surface area contributed by atoms with Crippen LogP contribution in [0.5, 0.6) is 0 Å². The standard InChI is InChI=1S/C20H19ClN2S2/c1-11-5-8-16-14(9-11)17-18(20(3,4)22-16)25-23(19(17)24)13-7-6-12(2)15(21)10-13/h5-10,22H,1-4H3. The van der Waals surface area contributed by atoms with Crippen LogP contribution in [0.1, 0.15) is 29.9 Å². The van der Waals surface area contributed by atoms with Crippen molar-refractivity contribution in [2.45, 2.75) is 33.2 Å². The lowest BCUT2D eigenvalue weighted by Gasteiger charge is -2.33. The highest BCUT2D eigenvalue weighted by molar-refractivity contribution is 7.71. The van der Waals surface area contributed by atoms with Gasteiger partial charge in [-0.3, -0.25) is 3.96 Å². The number of rotatable bonds is 1. The minimum absolute atomic E-state index is 0.171. The number of nitrogens with one attached hydrogen (secondary N) is 1. The molecular weight excluding hydrogens is 368 g/mol. The second kappa shape index (κ2) is 5.70. The topological polar surface area (TPSA) is 17.0 Å². The zero-order chi connectivity index (χ0) is 17.9. The predicted octanol–water partition coefficient (Wildman–Crippen LogP) is 6.87. The molecule has 0 aliphatic carbocycles. The van der Waals surface area contributed by atoms with Gasteiger partial charge in [0.25, 0.3) is 0 Å². The molecule has 0 saturated carbocycles. The maximum Gasteiger partial charge on any atom is 0.129 e. The molecular formula is C20H19ClN2S2. The van der Waals surface area contributed by atoms with Gasteiger partial charge in [0.1, 0.15) is 4.64 Å². The Hall–Kier alpha value is -1.62. The highest BCUT2D eigenvalue weighted by atomic mass is 35.5. The van der Waals surface area contributed by atoms with E-state index in [1.54, 1.807) is 11.5 Å². The lowest BCUT2D eigenvalue weighted by atomic mass is 9.89. The number of aromatic nitrogens is 1. The highest BCUT2D eigenvalue weighted by Gasteiger charge is 2.34. The first-order chi connectivity index (χ1) is 11.8. The molecule has 1 N–H and O–H groups in total. The van der Waals surface area contributed by atoms with E-state index in [1.807, 2.05) is 19.1 Å². The van der Waals surface area contributed by atoms with Crippen molar-refractivity contribution in [1.82, 2.24) is 3.96 Å². The number of benzene rings is 2. The fourth-order valence-electron chi connectivity index (χ4n) is 3.29. The van der Waals surface area contributed by atoms with Crippen molar-refractivity contribution in [2.75, 3.05) is 5.32 Å². The van der Waals surface area contributed by atoms with Crippen molar-refractivity contribution in [2.24, 2.45) is 0 Å². The fourth-order valence-corrected chi connectivity index (χ4v) is 5.11. The molecule has 0 atom stereocenters. The highest BCUT2D eigenvalue weighted by Crippen LogP contribution is 2.47. The molecule has 2 aromatic carbocycles. The summed E-state index contributed by atoms with van der Waals surface area (Å²) in [6.07, 6.45) is 0. The third kappa shape index (κ3) is 2.64. The summed E-state index contributed by atoms with van der Waals surface area (Å²) < 4.78 is 2.97. The summed E-state index contributed by atoms with van der Waals surface area (Å²) in [5.41, 5.74) is 6.64. The Morgan fingerprint density at radius 2 is 1.88 bits per heavy atom. The Kier molecular flexibility index (Phi) is 3.83. The Morgan fingerprint density at radius 3 is 2.60 bits per heavy atom. The normalized spacial score (nSPS) is 14.6. The van der Waals surface area contributed by atoms with E-state index < -0.39 is 0 Å². The van der Waals surface area contributed by atoms with Gasteiger partial charge < -0.3 is 5.32 Å². The number of aryl methyl sites for hydroxylation is 2. The van der Waals surface area contributed by atoms with Crippen molar-refractivity contribution in [1.29, 1.82) is 0 Å². The molecule has 0 saturated heterocycles. The molecule has 2 nitrogen and oxygen atoms in total. The van der Waals surface area contributed by atoms with E-state index in [4.69, 9.17) is 23.8 Å². The number of nitrogens with zero attached hydrogens (tertiary/aromatic N) is 1. The molecule has 1 aliphatic rings. The van der Waals surface area contributed by atoms with E-state index in [0.717, 1.165) is 26.6 Å². The fraction of sp³-hybridized carbons (Fsp3) is 0.250. The van der Waals surface area contributed by atoms with E-state index in [0.29, 0.717) is 0 Å². The third-order valence-corrected chi connectivity index (χ3v) is 7.04. The van der Waals surface area contributed by atoms with Gasteiger partial charge in [-0.15, -0.1) is 0 Å². The van der Waals surface area contributed by atoms with Gasteiger partial charge in [-0.1, -0.05) is 53.0 Å². The largest absolute Gasteiger partial charge is 0.375 e. The van der Waals surface area contributed by atoms with Crippen LogP contribution in [-0.2, 0) is 5.54 Å². The maximum absolute atomic E-state index is 6.35. The van der Waals surface area contributed by atoms with Gasteiger partial charge in [-0.2, -0.15) is 0 Å². The van der Waals surface area contributed by atoms with Crippen LogP contribution in [0.25, 0.3) is 16.8 Å². The first kappa shape index (κ1) is 16.8. The molecule has 2 heterocycles. The van der Waals surface area contributed by atoms with Gasteiger partial charge in [0.05, 0.1) is 16.1 Å². The number of halogens is 1. The van der Waals surface area contributed by atoms with Crippen LogP contribution in [0.3, 0.4) is 0 Å². The van der Waals surface area contributed by atoms with E-state index in [9.17, 15) is 0 Å². The van der Waals surface area contributed by atoms with Crippen molar-refractivity contribution < 1.29 is 0 Å². The monoisotopic (exact) mass is 386 g/mol. The molecule has 0 spiro atoms. The van der Waals surface area contributed by atoms with Crippen molar-refractivity contribution in [3.05, 3.63) is 62.1 Å². The molecule has 0 radical (unpaired) electrons. The molecule has 0 unspecified atom stereocenters. The lowest BCUT2D eigenvalue weighted by molar-refractivity contribution is 0.620. The van der Waals surface area contributed by atoms with Gasteiger partial charge >= 0.3 is 0 Å². The summed E-state index contributed by atoms with van der Waals surface area (Å²) in [7, 11) is 0. The molecule has 0 fully saturated rings. The van der Waals surface area contributed by atoms with Gasteiger partial charge in [0.15, 0.2) is 0 Å².